The summed E-state index contributed by atoms with van der Waals surface area (Å²) in [4.78, 5) is 23.3. The fraction of sp³-hybridized carbons (Fsp3) is 0.158. The van der Waals surface area contributed by atoms with Gasteiger partial charge in [0, 0.05) is 16.5 Å². The molecule has 3 aromatic rings. The molecular weight excluding hydrogens is 414 g/mol. The molecule has 2 aromatic carbocycles. The number of benzene rings is 2. The summed E-state index contributed by atoms with van der Waals surface area (Å²) in [6.45, 7) is 2.45. The van der Waals surface area contributed by atoms with Crippen LogP contribution in [0.1, 0.15) is 17.3 Å². The molecule has 152 valence electrons. The van der Waals surface area contributed by atoms with E-state index in [0.29, 0.717) is 23.0 Å². The summed E-state index contributed by atoms with van der Waals surface area (Å²) < 4.78 is 29.3. The van der Waals surface area contributed by atoms with E-state index in [0.717, 1.165) is 11.3 Å². The smallest absolute Gasteiger partial charge is 0.262 e. The lowest BCUT2D eigenvalue weighted by atomic mass is 10.1. The topological polar surface area (TPSA) is 107 Å². The summed E-state index contributed by atoms with van der Waals surface area (Å²) in [5.74, 6) is 0.326. The Kier molecular flexibility index (Phi) is 6.60. The molecule has 0 saturated heterocycles. The summed E-state index contributed by atoms with van der Waals surface area (Å²) in [6, 6.07) is 13.0. The Morgan fingerprint density at radius 3 is 2.55 bits per heavy atom. The molecule has 0 spiro atoms. The van der Waals surface area contributed by atoms with Gasteiger partial charge in [-0.15, -0.1) is 11.3 Å². The number of carbonyl (C=O) groups excluding carboxylic acids is 1. The summed E-state index contributed by atoms with van der Waals surface area (Å²) in [6.07, 6.45) is 0. The highest BCUT2D eigenvalue weighted by Crippen LogP contribution is 2.32. The van der Waals surface area contributed by atoms with Crippen LogP contribution in [0.15, 0.2) is 58.8 Å². The van der Waals surface area contributed by atoms with Gasteiger partial charge in [-0.3, -0.25) is 14.9 Å². The maximum absolute atomic E-state index is 12.5. The molecule has 0 aliphatic heterocycles. The van der Waals surface area contributed by atoms with Crippen LogP contribution in [0, 0.1) is 0 Å². The van der Waals surface area contributed by atoms with Crippen molar-refractivity contribution in [3.63, 3.8) is 0 Å². The number of aromatic nitrogens is 1. The van der Waals surface area contributed by atoms with Crippen molar-refractivity contribution in [3.8, 4) is 17.0 Å². The molecule has 0 aliphatic rings. The lowest BCUT2D eigenvalue weighted by Crippen LogP contribution is -2.22. The first kappa shape index (κ1) is 20.9. The predicted molar refractivity (Wildman–Crippen MR) is 110 cm³/mol. The molecule has 0 radical (unpaired) electrons. The van der Waals surface area contributed by atoms with Gasteiger partial charge in [0.25, 0.3) is 15.9 Å². The molecule has 1 aromatic heterocycles. The van der Waals surface area contributed by atoms with E-state index < -0.39 is 15.9 Å². The van der Waals surface area contributed by atoms with E-state index in [4.69, 9.17) is 4.74 Å². The molecule has 0 atom stereocenters. The van der Waals surface area contributed by atoms with Crippen LogP contribution in [0.2, 0.25) is 0 Å². The SMILES string of the molecule is CCOc1ccccc1-c1csc(NC(=O)c2ccc(S(=O)(=O)NOC)cc2)n1. The van der Waals surface area contributed by atoms with Crippen molar-refractivity contribution in [2.24, 2.45) is 0 Å². The summed E-state index contributed by atoms with van der Waals surface area (Å²) in [7, 11) is -2.57. The van der Waals surface area contributed by atoms with E-state index in [-0.39, 0.29) is 4.90 Å². The molecule has 0 fully saturated rings. The van der Waals surface area contributed by atoms with Crippen molar-refractivity contribution in [2.75, 3.05) is 19.0 Å². The van der Waals surface area contributed by atoms with E-state index in [1.165, 1.54) is 42.7 Å². The number of amides is 1. The van der Waals surface area contributed by atoms with E-state index in [2.05, 4.69) is 15.1 Å². The van der Waals surface area contributed by atoms with Gasteiger partial charge in [0.05, 0.1) is 24.3 Å². The molecule has 0 aliphatic carbocycles. The molecule has 0 bridgehead atoms. The fourth-order valence-corrected chi connectivity index (χ4v) is 4.04. The number of hydrogen-bond donors (Lipinski definition) is 2. The Labute approximate surface area is 172 Å². The Hall–Kier alpha value is -2.79. The second kappa shape index (κ2) is 9.14. The number of carbonyl (C=O) groups is 1. The first-order valence-electron chi connectivity index (χ1n) is 8.58. The van der Waals surface area contributed by atoms with Crippen LogP contribution in [0.3, 0.4) is 0 Å². The van der Waals surface area contributed by atoms with Gasteiger partial charge in [0.2, 0.25) is 0 Å². The predicted octanol–water partition coefficient (Wildman–Crippen LogP) is 3.30. The number of rotatable bonds is 8. The maximum atomic E-state index is 12.5. The van der Waals surface area contributed by atoms with Crippen molar-refractivity contribution < 1.29 is 22.8 Å². The van der Waals surface area contributed by atoms with Gasteiger partial charge < -0.3 is 4.74 Å². The number of para-hydroxylation sites is 1. The van der Waals surface area contributed by atoms with E-state index in [9.17, 15) is 13.2 Å². The summed E-state index contributed by atoms with van der Waals surface area (Å²) in [5, 5.41) is 4.98. The average molecular weight is 434 g/mol. The largest absolute Gasteiger partial charge is 0.493 e. The summed E-state index contributed by atoms with van der Waals surface area (Å²) >= 11 is 1.29. The van der Waals surface area contributed by atoms with Crippen molar-refractivity contribution >= 4 is 32.4 Å². The first-order chi connectivity index (χ1) is 13.9. The van der Waals surface area contributed by atoms with Crippen molar-refractivity contribution in [3.05, 3.63) is 59.5 Å². The zero-order valence-electron chi connectivity index (χ0n) is 15.7. The monoisotopic (exact) mass is 433 g/mol. The third kappa shape index (κ3) is 4.98. The minimum atomic E-state index is -3.77. The Morgan fingerprint density at radius 1 is 1.14 bits per heavy atom. The van der Waals surface area contributed by atoms with Gasteiger partial charge in [0.15, 0.2) is 5.13 Å². The van der Waals surface area contributed by atoms with Gasteiger partial charge >= 0.3 is 0 Å². The zero-order valence-corrected chi connectivity index (χ0v) is 17.3. The molecule has 8 nitrogen and oxygen atoms in total. The van der Waals surface area contributed by atoms with Crippen LogP contribution in [-0.2, 0) is 14.9 Å². The second-order valence-electron chi connectivity index (χ2n) is 5.74. The third-order valence-electron chi connectivity index (χ3n) is 3.81. The third-order valence-corrected chi connectivity index (χ3v) is 5.84. The van der Waals surface area contributed by atoms with Crippen LogP contribution in [0.25, 0.3) is 11.3 Å². The highest BCUT2D eigenvalue weighted by molar-refractivity contribution is 7.89. The molecule has 0 saturated carbocycles. The second-order valence-corrected chi connectivity index (χ2v) is 8.24. The normalized spacial score (nSPS) is 11.2. The standard InChI is InChI=1S/C19H19N3O5S2/c1-3-27-17-7-5-4-6-15(17)16-12-28-19(20-16)21-18(23)13-8-10-14(11-9-13)29(24,25)22-26-2/h4-12,22H,3H2,1-2H3,(H,20,21,23). The Morgan fingerprint density at radius 2 is 1.86 bits per heavy atom. The minimum absolute atomic E-state index is 0.0139. The van der Waals surface area contributed by atoms with Gasteiger partial charge in [-0.2, -0.15) is 0 Å². The molecule has 0 unspecified atom stereocenters. The van der Waals surface area contributed by atoms with Gasteiger partial charge in [-0.05, 0) is 43.3 Å². The van der Waals surface area contributed by atoms with E-state index in [1.54, 1.807) is 0 Å². The van der Waals surface area contributed by atoms with Crippen LogP contribution in [-0.4, -0.2) is 33.0 Å². The average Bonchev–Trinajstić information content (AvgIpc) is 3.17. The van der Waals surface area contributed by atoms with Crippen LogP contribution in [0.5, 0.6) is 5.75 Å². The fourth-order valence-electron chi connectivity index (χ4n) is 2.53. The van der Waals surface area contributed by atoms with Gasteiger partial charge in [-0.25, -0.2) is 13.4 Å². The Bertz CT molecular complexity index is 1100. The molecular formula is C19H19N3O5S2. The van der Waals surface area contributed by atoms with Crippen LogP contribution >= 0.6 is 11.3 Å². The number of hydrogen-bond acceptors (Lipinski definition) is 7. The van der Waals surface area contributed by atoms with Gasteiger partial charge in [-0.1, -0.05) is 17.0 Å². The van der Waals surface area contributed by atoms with Gasteiger partial charge in [0.1, 0.15) is 5.75 Å². The number of sulfonamides is 1. The number of thiazole rings is 1. The van der Waals surface area contributed by atoms with Crippen molar-refractivity contribution in [1.29, 1.82) is 0 Å². The lowest BCUT2D eigenvalue weighted by molar-refractivity contribution is 0.102. The summed E-state index contributed by atoms with van der Waals surface area (Å²) in [5.41, 5.74) is 1.83. The van der Waals surface area contributed by atoms with Crippen molar-refractivity contribution in [1.82, 2.24) is 9.87 Å². The maximum Gasteiger partial charge on any atom is 0.262 e. The highest BCUT2D eigenvalue weighted by atomic mass is 32.2. The lowest BCUT2D eigenvalue weighted by Gasteiger charge is -2.07. The number of nitrogens with zero attached hydrogens (tertiary/aromatic N) is 1. The molecule has 29 heavy (non-hydrogen) atoms. The molecule has 2 N–H and O–H groups in total. The highest BCUT2D eigenvalue weighted by Gasteiger charge is 2.16. The van der Waals surface area contributed by atoms with Crippen LogP contribution < -0.4 is 14.9 Å². The number of anilines is 1. The molecule has 1 heterocycles. The molecule has 1 amide bonds. The zero-order chi connectivity index (χ0) is 20.9. The van der Waals surface area contributed by atoms with E-state index in [1.807, 2.05) is 41.5 Å². The Balaban J connectivity index is 1.74. The minimum Gasteiger partial charge on any atom is -0.493 e. The van der Waals surface area contributed by atoms with Crippen molar-refractivity contribution in [2.45, 2.75) is 11.8 Å². The molecule has 3 rings (SSSR count). The number of nitrogens with one attached hydrogen (secondary N) is 2. The quantitative estimate of drug-likeness (QED) is 0.528. The van der Waals surface area contributed by atoms with E-state index >= 15 is 0 Å². The molecule has 10 heteroatoms. The first-order valence-corrected chi connectivity index (χ1v) is 10.9. The van der Waals surface area contributed by atoms with Crippen LogP contribution in [0.4, 0.5) is 5.13 Å². The number of ether oxygens (including phenoxy) is 1.